The van der Waals surface area contributed by atoms with Gasteiger partial charge in [-0.05, 0) is 57.7 Å². The summed E-state index contributed by atoms with van der Waals surface area (Å²) in [6.45, 7) is 0. The second-order valence-electron chi connectivity index (χ2n) is 4.22. The van der Waals surface area contributed by atoms with Gasteiger partial charge in [0.15, 0.2) is 0 Å². The molecule has 19 heavy (non-hydrogen) atoms. The fourth-order valence-corrected chi connectivity index (χ4v) is 2.63. The third-order valence-electron chi connectivity index (χ3n) is 2.83. The molecule has 0 spiro atoms. The van der Waals surface area contributed by atoms with Gasteiger partial charge in [0, 0.05) is 15.0 Å². The molecule has 2 aromatic rings. The summed E-state index contributed by atoms with van der Waals surface area (Å²) in [5, 5.41) is 0.630. The van der Waals surface area contributed by atoms with E-state index in [1.165, 1.54) is 6.07 Å². The van der Waals surface area contributed by atoms with Crippen molar-refractivity contribution in [3.8, 4) is 0 Å². The van der Waals surface area contributed by atoms with Crippen molar-refractivity contribution in [2.45, 2.75) is 12.5 Å². The van der Waals surface area contributed by atoms with Gasteiger partial charge in [-0.1, -0.05) is 39.7 Å². The van der Waals surface area contributed by atoms with Gasteiger partial charge >= 0.3 is 0 Å². The van der Waals surface area contributed by atoms with Gasteiger partial charge in [0.2, 0.25) is 0 Å². The van der Waals surface area contributed by atoms with Crippen molar-refractivity contribution in [1.29, 1.82) is 0 Å². The highest BCUT2D eigenvalue weighted by molar-refractivity contribution is 9.10. The van der Waals surface area contributed by atoms with Crippen molar-refractivity contribution in [1.82, 2.24) is 0 Å². The van der Waals surface area contributed by atoms with E-state index in [-0.39, 0.29) is 11.9 Å². The Morgan fingerprint density at radius 1 is 1.16 bits per heavy atom. The molecular formula is C14H11Br2ClFN. The zero-order valence-electron chi connectivity index (χ0n) is 9.84. The SMILES string of the molecule is NC(Cc1ccc(Br)cc1F)c1ccc(Cl)c(Br)c1. The van der Waals surface area contributed by atoms with Gasteiger partial charge in [0.1, 0.15) is 5.82 Å². The number of nitrogens with two attached hydrogens (primary N) is 1. The minimum atomic E-state index is -0.274. The molecule has 1 nitrogen and oxygen atoms in total. The fourth-order valence-electron chi connectivity index (χ4n) is 1.79. The minimum absolute atomic E-state index is 0.252. The average Bonchev–Trinajstić information content (AvgIpc) is 2.36. The molecule has 0 aromatic heterocycles. The number of rotatable bonds is 3. The predicted molar refractivity (Wildman–Crippen MR) is 83.9 cm³/mol. The van der Waals surface area contributed by atoms with Crippen LogP contribution in [0.2, 0.25) is 5.02 Å². The summed E-state index contributed by atoms with van der Waals surface area (Å²) in [6, 6.07) is 10.2. The van der Waals surface area contributed by atoms with E-state index in [1.807, 2.05) is 18.2 Å². The van der Waals surface area contributed by atoms with E-state index in [0.717, 1.165) is 14.5 Å². The normalized spacial score (nSPS) is 12.5. The number of benzene rings is 2. The van der Waals surface area contributed by atoms with Crippen molar-refractivity contribution in [2.24, 2.45) is 5.73 Å². The second-order valence-corrected chi connectivity index (χ2v) is 6.40. The fraction of sp³-hybridized carbons (Fsp3) is 0.143. The first-order chi connectivity index (χ1) is 8.97. The molecule has 100 valence electrons. The van der Waals surface area contributed by atoms with Gasteiger partial charge in [0.05, 0.1) is 5.02 Å². The maximum Gasteiger partial charge on any atom is 0.127 e. The van der Waals surface area contributed by atoms with Crippen LogP contribution < -0.4 is 5.73 Å². The monoisotopic (exact) mass is 405 g/mol. The zero-order chi connectivity index (χ0) is 14.0. The zero-order valence-corrected chi connectivity index (χ0v) is 13.8. The van der Waals surface area contributed by atoms with Crippen molar-refractivity contribution >= 4 is 43.5 Å². The lowest BCUT2D eigenvalue weighted by atomic mass is 9.99. The largest absolute Gasteiger partial charge is 0.324 e. The van der Waals surface area contributed by atoms with Crippen molar-refractivity contribution < 1.29 is 4.39 Å². The Labute approximate surface area is 133 Å². The molecule has 0 fully saturated rings. The van der Waals surface area contributed by atoms with E-state index in [1.54, 1.807) is 12.1 Å². The summed E-state index contributed by atoms with van der Waals surface area (Å²) in [6.07, 6.45) is 0.438. The molecule has 0 heterocycles. The van der Waals surface area contributed by atoms with Crippen molar-refractivity contribution in [2.75, 3.05) is 0 Å². The third-order valence-corrected chi connectivity index (χ3v) is 4.53. The molecule has 1 atom stereocenters. The average molecular weight is 408 g/mol. The predicted octanol–water partition coefficient (Wildman–Crippen LogP) is 5.25. The molecule has 0 aliphatic heterocycles. The van der Waals surface area contributed by atoms with Gasteiger partial charge < -0.3 is 5.73 Å². The lowest BCUT2D eigenvalue weighted by Crippen LogP contribution is -2.14. The molecule has 2 aromatic carbocycles. The maximum atomic E-state index is 13.8. The topological polar surface area (TPSA) is 26.0 Å². The lowest BCUT2D eigenvalue weighted by Gasteiger charge is -2.13. The standard InChI is InChI=1S/C14H11Br2ClFN/c15-10-3-1-8(13(18)7-10)6-14(19)9-2-4-12(17)11(16)5-9/h1-5,7,14H,6,19H2. The quantitative estimate of drug-likeness (QED) is 0.739. The van der Waals surface area contributed by atoms with E-state index >= 15 is 0 Å². The van der Waals surface area contributed by atoms with Crippen LogP contribution in [0.4, 0.5) is 4.39 Å². The van der Waals surface area contributed by atoms with Crippen LogP contribution in [0.25, 0.3) is 0 Å². The molecule has 0 amide bonds. The van der Waals surface area contributed by atoms with Crippen LogP contribution in [-0.2, 0) is 6.42 Å². The van der Waals surface area contributed by atoms with E-state index in [9.17, 15) is 4.39 Å². The lowest BCUT2D eigenvalue weighted by molar-refractivity contribution is 0.592. The van der Waals surface area contributed by atoms with Crippen LogP contribution in [0.1, 0.15) is 17.2 Å². The van der Waals surface area contributed by atoms with Crippen molar-refractivity contribution in [3.05, 3.63) is 67.3 Å². The second kappa shape index (κ2) is 6.35. The van der Waals surface area contributed by atoms with Crippen LogP contribution in [0, 0.1) is 5.82 Å². The summed E-state index contributed by atoms with van der Waals surface area (Å²) in [7, 11) is 0. The molecule has 0 saturated heterocycles. The summed E-state index contributed by atoms with van der Waals surface area (Å²) < 4.78 is 15.3. The highest BCUT2D eigenvalue weighted by Crippen LogP contribution is 2.27. The summed E-state index contributed by atoms with van der Waals surface area (Å²) >= 11 is 12.5. The molecule has 0 aliphatic rings. The Morgan fingerprint density at radius 3 is 2.53 bits per heavy atom. The number of halogens is 4. The highest BCUT2D eigenvalue weighted by atomic mass is 79.9. The third kappa shape index (κ3) is 3.78. The first-order valence-electron chi connectivity index (χ1n) is 5.62. The smallest absolute Gasteiger partial charge is 0.127 e. The first kappa shape index (κ1) is 15.0. The van der Waals surface area contributed by atoms with Gasteiger partial charge in [-0.2, -0.15) is 0 Å². The Balaban J connectivity index is 2.20. The minimum Gasteiger partial charge on any atom is -0.324 e. The Hall–Kier alpha value is -0.420. The molecule has 0 bridgehead atoms. The Kier molecular flexibility index (Phi) is 5.01. The van der Waals surface area contributed by atoms with Gasteiger partial charge in [-0.3, -0.25) is 0 Å². The maximum absolute atomic E-state index is 13.8. The molecule has 1 unspecified atom stereocenters. The molecular weight excluding hydrogens is 396 g/mol. The van der Waals surface area contributed by atoms with Crippen molar-refractivity contribution in [3.63, 3.8) is 0 Å². The highest BCUT2D eigenvalue weighted by Gasteiger charge is 2.12. The van der Waals surface area contributed by atoms with Gasteiger partial charge in [-0.15, -0.1) is 0 Å². The summed E-state index contributed by atoms with van der Waals surface area (Å²) in [4.78, 5) is 0. The summed E-state index contributed by atoms with van der Waals surface area (Å²) in [5.41, 5.74) is 7.62. The van der Waals surface area contributed by atoms with E-state index < -0.39 is 0 Å². The summed E-state index contributed by atoms with van der Waals surface area (Å²) in [5.74, 6) is -0.252. The molecule has 0 radical (unpaired) electrons. The van der Waals surface area contributed by atoms with Crippen LogP contribution >= 0.6 is 43.5 Å². The van der Waals surface area contributed by atoms with Crippen LogP contribution in [-0.4, -0.2) is 0 Å². The number of hydrogen-bond acceptors (Lipinski definition) is 1. The molecule has 2 rings (SSSR count). The van der Waals surface area contributed by atoms with Crippen LogP contribution in [0.5, 0.6) is 0 Å². The molecule has 2 N–H and O–H groups in total. The van der Waals surface area contributed by atoms with E-state index in [2.05, 4.69) is 31.9 Å². The van der Waals surface area contributed by atoms with E-state index in [4.69, 9.17) is 17.3 Å². The van der Waals surface area contributed by atoms with Gasteiger partial charge in [-0.25, -0.2) is 4.39 Å². The molecule has 0 aliphatic carbocycles. The molecule has 0 saturated carbocycles. The number of hydrogen-bond donors (Lipinski definition) is 1. The van der Waals surface area contributed by atoms with Crippen LogP contribution in [0.15, 0.2) is 45.3 Å². The molecule has 5 heteroatoms. The Morgan fingerprint density at radius 2 is 1.89 bits per heavy atom. The Bertz CT molecular complexity index is 604. The van der Waals surface area contributed by atoms with Gasteiger partial charge in [0.25, 0.3) is 0 Å². The first-order valence-corrected chi connectivity index (χ1v) is 7.58. The van der Waals surface area contributed by atoms with Crippen LogP contribution in [0.3, 0.4) is 0 Å². The van der Waals surface area contributed by atoms with E-state index in [0.29, 0.717) is 17.0 Å².